The lowest BCUT2D eigenvalue weighted by atomic mass is 10.2. The maximum atomic E-state index is 14.7. The van der Waals surface area contributed by atoms with Crippen LogP contribution in [-0.2, 0) is 9.53 Å². The summed E-state index contributed by atoms with van der Waals surface area (Å²) in [6.45, 7) is 0.0168. The van der Waals surface area contributed by atoms with E-state index in [0.29, 0.717) is 5.69 Å². The first-order valence-electron chi connectivity index (χ1n) is 8.52. The number of nitrogens with one attached hydrogen (secondary N) is 1. The van der Waals surface area contributed by atoms with Gasteiger partial charge >= 0.3 is 6.09 Å². The summed E-state index contributed by atoms with van der Waals surface area (Å²) in [4.78, 5) is 29.1. The maximum absolute atomic E-state index is 14.7. The van der Waals surface area contributed by atoms with Gasteiger partial charge in [0.2, 0.25) is 0 Å². The summed E-state index contributed by atoms with van der Waals surface area (Å²) in [7, 11) is 1.45. The summed E-state index contributed by atoms with van der Waals surface area (Å²) >= 11 is 0. The second-order valence-electron chi connectivity index (χ2n) is 6.12. The van der Waals surface area contributed by atoms with Crippen LogP contribution in [-0.4, -0.2) is 46.5 Å². The molecule has 1 fully saturated rings. The fourth-order valence-electron chi connectivity index (χ4n) is 2.94. The Balaban J connectivity index is 1.58. The van der Waals surface area contributed by atoms with E-state index in [2.05, 4.69) is 15.4 Å². The summed E-state index contributed by atoms with van der Waals surface area (Å²) in [5.74, 6) is -0.976. The van der Waals surface area contributed by atoms with E-state index in [4.69, 9.17) is 4.74 Å². The van der Waals surface area contributed by atoms with E-state index in [-0.39, 0.29) is 12.2 Å². The van der Waals surface area contributed by atoms with Crippen molar-refractivity contribution in [3.05, 3.63) is 60.8 Å². The van der Waals surface area contributed by atoms with Crippen molar-refractivity contribution in [3.63, 3.8) is 0 Å². The Morgan fingerprint density at radius 2 is 2.18 bits per heavy atom. The Hall–Kier alpha value is -3.75. The van der Waals surface area contributed by atoms with Crippen LogP contribution < -0.4 is 10.2 Å². The third kappa shape index (κ3) is 3.18. The molecule has 1 N–H and O–H groups in total. The summed E-state index contributed by atoms with van der Waals surface area (Å²) < 4.78 is 21.1. The number of carbonyl (C=O) groups excluding carboxylic acids is 2. The van der Waals surface area contributed by atoms with Crippen molar-refractivity contribution >= 4 is 17.7 Å². The lowest BCUT2D eigenvalue weighted by Crippen LogP contribution is -2.35. The van der Waals surface area contributed by atoms with Gasteiger partial charge in [0.15, 0.2) is 11.9 Å². The molecule has 0 bridgehead atoms. The molecule has 1 aliphatic heterocycles. The average Bonchev–Trinajstić information content (AvgIpc) is 3.35. The summed E-state index contributed by atoms with van der Waals surface area (Å²) in [5, 5.41) is 6.61. The summed E-state index contributed by atoms with van der Waals surface area (Å²) in [6.07, 6.45) is 3.32. The van der Waals surface area contributed by atoms with Gasteiger partial charge in [-0.25, -0.2) is 13.9 Å². The minimum Gasteiger partial charge on any atom is -0.434 e. The van der Waals surface area contributed by atoms with E-state index in [1.54, 1.807) is 24.7 Å². The number of nitrogens with zero attached hydrogens (tertiary/aromatic N) is 4. The number of hydrogen-bond acceptors (Lipinski definition) is 5. The number of amides is 2. The van der Waals surface area contributed by atoms with E-state index in [1.165, 1.54) is 28.8 Å². The van der Waals surface area contributed by atoms with Gasteiger partial charge in [-0.15, -0.1) is 0 Å². The third-order valence-electron chi connectivity index (χ3n) is 4.38. The van der Waals surface area contributed by atoms with Gasteiger partial charge < -0.3 is 10.1 Å². The highest BCUT2D eigenvalue weighted by Gasteiger charge is 2.36. The number of rotatable bonds is 4. The second-order valence-corrected chi connectivity index (χ2v) is 6.12. The van der Waals surface area contributed by atoms with E-state index >= 15 is 0 Å². The molecule has 4 rings (SSSR count). The number of cyclic esters (lactones) is 1. The largest absolute Gasteiger partial charge is 0.434 e. The minimum absolute atomic E-state index is 0.0168. The number of benzene rings is 1. The number of pyridine rings is 1. The molecule has 1 saturated heterocycles. The van der Waals surface area contributed by atoms with Crippen LogP contribution in [0.5, 0.6) is 0 Å². The number of carbonyl (C=O) groups is 2. The van der Waals surface area contributed by atoms with Gasteiger partial charge in [-0.1, -0.05) is 6.07 Å². The maximum Gasteiger partial charge on any atom is 0.415 e. The number of ether oxygens (including phenoxy) is 1. The molecule has 0 unspecified atom stereocenters. The van der Waals surface area contributed by atoms with Crippen LogP contribution >= 0.6 is 0 Å². The summed E-state index contributed by atoms with van der Waals surface area (Å²) in [5.41, 5.74) is 2.00. The topological polar surface area (TPSA) is 89.4 Å². The molecule has 1 atom stereocenters. The van der Waals surface area contributed by atoms with Gasteiger partial charge in [-0.3, -0.25) is 14.7 Å². The van der Waals surface area contributed by atoms with Crippen LogP contribution in [0.25, 0.3) is 16.9 Å². The van der Waals surface area contributed by atoms with Gasteiger partial charge in [-0.2, -0.15) is 5.10 Å². The van der Waals surface area contributed by atoms with Crippen LogP contribution in [0.1, 0.15) is 0 Å². The molecule has 0 radical (unpaired) electrons. The van der Waals surface area contributed by atoms with Crippen LogP contribution in [0.2, 0.25) is 0 Å². The second kappa shape index (κ2) is 7.10. The first kappa shape index (κ1) is 17.7. The van der Waals surface area contributed by atoms with Crippen molar-refractivity contribution in [2.75, 3.05) is 18.5 Å². The fourth-order valence-corrected chi connectivity index (χ4v) is 2.94. The predicted octanol–water partition coefficient (Wildman–Crippen LogP) is 2.14. The first-order valence-corrected chi connectivity index (χ1v) is 8.52. The lowest BCUT2D eigenvalue weighted by molar-refractivity contribution is -0.127. The monoisotopic (exact) mass is 381 g/mol. The Kier molecular flexibility index (Phi) is 4.48. The van der Waals surface area contributed by atoms with Crippen LogP contribution in [0, 0.1) is 5.82 Å². The zero-order valence-electron chi connectivity index (χ0n) is 14.9. The first-order chi connectivity index (χ1) is 13.6. The predicted molar refractivity (Wildman–Crippen MR) is 98.4 cm³/mol. The molecule has 142 valence electrons. The Morgan fingerprint density at radius 1 is 1.32 bits per heavy atom. The average molecular weight is 381 g/mol. The molecule has 0 saturated carbocycles. The van der Waals surface area contributed by atoms with Gasteiger partial charge in [-0.05, 0) is 30.3 Å². The SMILES string of the molecule is CNC(=O)[C@H]1CN(c2ccc(-n3cc(-c4ccccn4)cn3)c(F)c2)C(=O)O1. The van der Waals surface area contributed by atoms with Crippen molar-refractivity contribution in [3.8, 4) is 16.9 Å². The highest BCUT2D eigenvalue weighted by atomic mass is 19.1. The van der Waals surface area contributed by atoms with Gasteiger partial charge in [0.1, 0.15) is 5.69 Å². The van der Waals surface area contributed by atoms with E-state index < -0.39 is 23.9 Å². The molecule has 1 aromatic carbocycles. The van der Waals surface area contributed by atoms with E-state index in [1.807, 2.05) is 18.2 Å². The molecule has 3 heterocycles. The standard InChI is InChI=1S/C19H16FN5O3/c1-21-18(26)17-11-24(19(27)28-17)13-5-6-16(14(20)8-13)25-10-12(9-23-25)15-4-2-3-7-22-15/h2-10,17H,11H2,1H3,(H,21,26)/t17-/m1/s1. The molecule has 28 heavy (non-hydrogen) atoms. The molecule has 9 heteroatoms. The van der Waals surface area contributed by atoms with Gasteiger partial charge in [0.05, 0.1) is 24.1 Å². The lowest BCUT2D eigenvalue weighted by Gasteiger charge is -2.14. The van der Waals surface area contributed by atoms with Crippen molar-refractivity contribution in [2.24, 2.45) is 0 Å². The van der Waals surface area contributed by atoms with Crippen LogP contribution in [0.15, 0.2) is 55.0 Å². The molecule has 3 aromatic rings. The number of halogens is 1. The number of hydrogen-bond donors (Lipinski definition) is 1. The molecular formula is C19H16FN5O3. The minimum atomic E-state index is -0.924. The van der Waals surface area contributed by atoms with Crippen LogP contribution in [0.4, 0.5) is 14.9 Å². The van der Waals surface area contributed by atoms with E-state index in [0.717, 1.165) is 11.3 Å². The highest BCUT2D eigenvalue weighted by Crippen LogP contribution is 2.26. The molecule has 0 aliphatic carbocycles. The van der Waals surface area contributed by atoms with Crippen molar-refractivity contribution in [2.45, 2.75) is 6.10 Å². The summed E-state index contributed by atoms with van der Waals surface area (Å²) in [6, 6.07) is 9.81. The smallest absolute Gasteiger partial charge is 0.415 e. The molecule has 2 amide bonds. The molecule has 0 spiro atoms. The van der Waals surface area contributed by atoms with Crippen LogP contribution in [0.3, 0.4) is 0 Å². The number of likely N-dealkylation sites (N-methyl/N-ethyl adjacent to an activating group) is 1. The zero-order valence-corrected chi connectivity index (χ0v) is 14.9. The van der Waals surface area contributed by atoms with Gasteiger partial charge in [0.25, 0.3) is 5.91 Å². The molecule has 1 aliphatic rings. The Morgan fingerprint density at radius 3 is 2.89 bits per heavy atom. The number of aromatic nitrogens is 3. The molecule has 8 nitrogen and oxygen atoms in total. The Bertz CT molecular complexity index is 1040. The zero-order chi connectivity index (χ0) is 19.7. The molecular weight excluding hydrogens is 365 g/mol. The Labute approximate surface area is 159 Å². The van der Waals surface area contributed by atoms with Crippen molar-refractivity contribution in [1.82, 2.24) is 20.1 Å². The van der Waals surface area contributed by atoms with E-state index in [9.17, 15) is 14.0 Å². The third-order valence-corrected chi connectivity index (χ3v) is 4.38. The van der Waals surface area contributed by atoms with Crippen molar-refractivity contribution in [1.29, 1.82) is 0 Å². The van der Waals surface area contributed by atoms with Crippen molar-refractivity contribution < 1.29 is 18.7 Å². The molecule has 2 aromatic heterocycles. The number of anilines is 1. The highest BCUT2D eigenvalue weighted by molar-refractivity contribution is 5.95. The normalized spacial score (nSPS) is 16.1. The van der Waals surface area contributed by atoms with Gasteiger partial charge in [0, 0.05) is 25.0 Å². The fraction of sp³-hybridized carbons (Fsp3) is 0.158. The quantitative estimate of drug-likeness (QED) is 0.748.